The van der Waals surface area contributed by atoms with Crippen LogP contribution in [0.2, 0.25) is 0 Å². The standard InChI is InChI=1S/C40H21NO2/c1-2-10-25-21-26(18-17-24(25)9-1)31-23-37-38(30-13-5-8-16-35(30)42-37)39-32-22-27(19-20-36(32)43-40(31)39)41-33-14-6-3-11-28(33)29-12-4-7-15-34(29)41/h1-4,6-12,14-23H. The molecule has 0 bridgehead atoms. The van der Waals surface area contributed by atoms with Gasteiger partial charge in [0.2, 0.25) is 0 Å². The molecule has 0 spiro atoms. The molecule has 3 nitrogen and oxygen atoms in total. The van der Waals surface area contributed by atoms with Crippen LogP contribution < -0.4 is 0 Å². The zero-order valence-electron chi connectivity index (χ0n) is 22.9. The number of furan rings is 2. The molecule has 0 unspecified atom stereocenters. The molecular weight excluding hydrogens is 526 g/mol. The Kier molecular flexibility index (Phi) is 4.37. The average Bonchev–Trinajstić information content (AvgIpc) is 3.73. The van der Waals surface area contributed by atoms with E-state index in [1.54, 1.807) is 0 Å². The lowest BCUT2D eigenvalue weighted by Gasteiger charge is -2.08. The van der Waals surface area contributed by atoms with E-state index in [1.165, 1.54) is 32.6 Å². The predicted octanol–water partition coefficient (Wildman–Crippen LogP) is 11.0. The highest BCUT2D eigenvalue weighted by Gasteiger charge is 2.22. The highest BCUT2D eigenvalue weighted by Crippen LogP contribution is 2.45. The molecule has 7 aromatic carbocycles. The number of fused-ring (bicyclic) bond motifs is 11. The summed E-state index contributed by atoms with van der Waals surface area (Å²) in [6.45, 7) is 0. The van der Waals surface area contributed by atoms with Crippen LogP contribution in [0.1, 0.15) is 0 Å². The lowest BCUT2D eigenvalue weighted by atomic mass is 9.96. The van der Waals surface area contributed by atoms with Crippen LogP contribution in [0.5, 0.6) is 0 Å². The molecular formula is C40H21NO2. The average molecular weight is 548 g/mol. The third-order valence-electron chi connectivity index (χ3n) is 8.82. The maximum absolute atomic E-state index is 6.75. The Morgan fingerprint density at radius 3 is 2.14 bits per heavy atom. The molecule has 3 heteroatoms. The van der Waals surface area contributed by atoms with Gasteiger partial charge in [-0.05, 0) is 70.9 Å². The van der Waals surface area contributed by atoms with Gasteiger partial charge in [0.1, 0.15) is 22.3 Å². The summed E-state index contributed by atoms with van der Waals surface area (Å²) in [4.78, 5) is 0. The third-order valence-corrected chi connectivity index (χ3v) is 8.82. The molecule has 198 valence electrons. The Balaban J connectivity index is 1.34. The van der Waals surface area contributed by atoms with E-state index in [1.807, 2.05) is 12.1 Å². The summed E-state index contributed by atoms with van der Waals surface area (Å²) in [5, 5.41) is 8.87. The van der Waals surface area contributed by atoms with Crippen molar-refractivity contribution in [2.24, 2.45) is 0 Å². The summed E-state index contributed by atoms with van der Waals surface area (Å²) < 4.78 is 15.5. The lowest BCUT2D eigenvalue weighted by molar-refractivity contribution is 0.664. The van der Waals surface area contributed by atoms with Gasteiger partial charge in [0.15, 0.2) is 0 Å². The smallest absolute Gasteiger partial charge is 0.144 e. The molecule has 10 aromatic rings. The molecule has 3 heterocycles. The molecule has 0 aliphatic carbocycles. The van der Waals surface area contributed by atoms with Crippen molar-refractivity contribution in [2.45, 2.75) is 0 Å². The van der Waals surface area contributed by atoms with Gasteiger partial charge in [-0.25, -0.2) is 0 Å². The number of para-hydroxylation sites is 2. The summed E-state index contributed by atoms with van der Waals surface area (Å²) in [5.74, 6) is 0. The zero-order valence-corrected chi connectivity index (χ0v) is 22.9. The monoisotopic (exact) mass is 547 g/mol. The van der Waals surface area contributed by atoms with E-state index < -0.39 is 0 Å². The van der Waals surface area contributed by atoms with Gasteiger partial charge in [0.25, 0.3) is 0 Å². The number of hydrogen-bond donors (Lipinski definition) is 0. The van der Waals surface area contributed by atoms with E-state index in [4.69, 9.17) is 8.83 Å². The van der Waals surface area contributed by atoms with E-state index in [-0.39, 0.29) is 0 Å². The van der Waals surface area contributed by atoms with E-state index in [0.717, 1.165) is 60.7 Å². The Hall–Kier alpha value is -5.98. The molecule has 0 fully saturated rings. The van der Waals surface area contributed by atoms with Crippen LogP contribution in [0.3, 0.4) is 0 Å². The highest BCUT2D eigenvalue weighted by atomic mass is 16.3. The van der Waals surface area contributed by atoms with Crippen molar-refractivity contribution >= 4 is 76.5 Å². The second-order valence-corrected chi connectivity index (χ2v) is 11.2. The topological polar surface area (TPSA) is 31.2 Å². The molecule has 10 rings (SSSR count). The normalized spacial score (nSPS) is 12.0. The van der Waals surface area contributed by atoms with E-state index >= 15 is 0 Å². The molecule has 43 heavy (non-hydrogen) atoms. The van der Waals surface area contributed by atoms with Crippen LogP contribution in [-0.2, 0) is 0 Å². The van der Waals surface area contributed by atoms with Gasteiger partial charge in [-0.15, -0.1) is 0 Å². The summed E-state index contributed by atoms with van der Waals surface area (Å²) >= 11 is 0. The predicted molar refractivity (Wildman–Crippen MR) is 176 cm³/mol. The first-order valence-electron chi connectivity index (χ1n) is 14.4. The first-order valence-corrected chi connectivity index (χ1v) is 14.4. The van der Waals surface area contributed by atoms with Crippen molar-refractivity contribution in [1.82, 2.24) is 4.57 Å². The van der Waals surface area contributed by atoms with Gasteiger partial charge in [-0.2, -0.15) is 0 Å². The minimum Gasteiger partial charge on any atom is -0.455 e. The molecule has 0 N–H and O–H groups in total. The second-order valence-electron chi connectivity index (χ2n) is 11.2. The molecule has 0 atom stereocenters. The first kappa shape index (κ1) is 22.7. The van der Waals surface area contributed by atoms with Gasteiger partial charge in [0, 0.05) is 38.2 Å². The minimum atomic E-state index is 0.790. The van der Waals surface area contributed by atoms with E-state index in [0.29, 0.717) is 0 Å². The van der Waals surface area contributed by atoms with Crippen molar-refractivity contribution in [2.75, 3.05) is 0 Å². The molecule has 0 aliphatic heterocycles. The van der Waals surface area contributed by atoms with Crippen molar-refractivity contribution in [3.8, 4) is 16.8 Å². The number of benzene rings is 6. The Bertz CT molecular complexity index is 2680. The molecule has 0 amide bonds. The fourth-order valence-electron chi connectivity index (χ4n) is 6.92. The van der Waals surface area contributed by atoms with Gasteiger partial charge < -0.3 is 13.4 Å². The van der Waals surface area contributed by atoms with Crippen LogP contribution in [0.4, 0.5) is 0 Å². The lowest BCUT2D eigenvalue weighted by Crippen LogP contribution is -1.93. The van der Waals surface area contributed by atoms with Crippen molar-refractivity contribution in [3.05, 3.63) is 140 Å². The fourth-order valence-corrected chi connectivity index (χ4v) is 6.92. The minimum absolute atomic E-state index is 0.790. The maximum Gasteiger partial charge on any atom is 0.144 e. The summed E-state index contributed by atoms with van der Waals surface area (Å²) in [6, 6.07) is 51.1. The van der Waals surface area contributed by atoms with Crippen LogP contribution in [0.25, 0.3) is 93.3 Å². The molecule has 3 aromatic heterocycles. The van der Waals surface area contributed by atoms with Crippen molar-refractivity contribution < 1.29 is 8.83 Å². The first-order chi connectivity index (χ1) is 21.3. The molecule has 0 saturated carbocycles. The Morgan fingerprint density at radius 1 is 0.535 bits per heavy atom. The Morgan fingerprint density at radius 2 is 1.30 bits per heavy atom. The Labute approximate surface area is 245 Å². The quantitative estimate of drug-likeness (QED) is 0.216. The summed E-state index contributed by atoms with van der Waals surface area (Å²) in [7, 11) is 0. The van der Waals surface area contributed by atoms with Crippen LogP contribution in [0.15, 0.2) is 136 Å². The molecule has 0 saturated heterocycles. The van der Waals surface area contributed by atoms with Crippen LogP contribution in [0, 0.1) is 12.1 Å². The van der Waals surface area contributed by atoms with E-state index in [2.05, 4.69) is 132 Å². The molecule has 0 aliphatic rings. The summed E-state index contributed by atoms with van der Waals surface area (Å²) in [5.41, 5.74) is 8.81. The van der Waals surface area contributed by atoms with Crippen LogP contribution >= 0.6 is 0 Å². The number of nitrogens with zero attached hydrogens (tertiary/aromatic N) is 1. The van der Waals surface area contributed by atoms with Crippen LogP contribution in [-0.4, -0.2) is 4.57 Å². The van der Waals surface area contributed by atoms with Gasteiger partial charge in [-0.1, -0.05) is 84.9 Å². The number of hydrogen-bond acceptors (Lipinski definition) is 2. The molecule has 0 radical (unpaired) electrons. The number of rotatable bonds is 2. The van der Waals surface area contributed by atoms with Gasteiger partial charge in [0.05, 0.1) is 16.4 Å². The summed E-state index contributed by atoms with van der Waals surface area (Å²) in [6.07, 6.45) is 0. The highest BCUT2D eigenvalue weighted by molar-refractivity contribution is 6.28. The second kappa shape index (κ2) is 8.28. The van der Waals surface area contributed by atoms with Gasteiger partial charge in [-0.3, -0.25) is 0 Å². The van der Waals surface area contributed by atoms with Crippen molar-refractivity contribution in [1.29, 1.82) is 0 Å². The van der Waals surface area contributed by atoms with E-state index in [9.17, 15) is 0 Å². The SMILES string of the molecule is c1ccc2oc3cc(-c4ccc5ccccc5c4)c4oc5ccc(-n6c7ccccc7c7ccccc76)cc5c4c3c2c#1. The maximum atomic E-state index is 6.75. The zero-order chi connectivity index (χ0) is 28.1. The largest absolute Gasteiger partial charge is 0.455 e. The fraction of sp³-hybridized carbons (Fsp3) is 0. The van der Waals surface area contributed by atoms with Crippen molar-refractivity contribution in [3.63, 3.8) is 0 Å². The van der Waals surface area contributed by atoms with Gasteiger partial charge >= 0.3 is 0 Å². The number of aromatic nitrogens is 1. The third kappa shape index (κ3) is 3.10.